The van der Waals surface area contributed by atoms with Gasteiger partial charge in [-0.25, -0.2) is 0 Å². The van der Waals surface area contributed by atoms with Gasteiger partial charge in [-0.05, 0) is 5.18 Å². The van der Waals surface area contributed by atoms with E-state index in [1.165, 1.54) is 6.92 Å². The maximum atomic E-state index is 10.5. The molecule has 0 fully saturated rings. The van der Waals surface area contributed by atoms with Crippen molar-refractivity contribution >= 4 is 5.78 Å². The second kappa shape index (κ2) is 3.76. The summed E-state index contributed by atoms with van der Waals surface area (Å²) in [6.07, 6.45) is 0.251. The van der Waals surface area contributed by atoms with E-state index in [1.807, 2.05) is 0 Å². The molecule has 0 unspecified atom stereocenters. The highest BCUT2D eigenvalue weighted by Crippen LogP contribution is 2.06. The van der Waals surface area contributed by atoms with Crippen LogP contribution >= 0.6 is 0 Å². The van der Waals surface area contributed by atoms with Gasteiger partial charge in [-0.2, -0.15) is 0 Å². The Bertz CT molecular complexity index is 183. The van der Waals surface area contributed by atoms with E-state index >= 15 is 0 Å². The molecule has 10 heavy (non-hydrogen) atoms. The molecule has 0 aliphatic rings. The number of hydrogen-bond donors (Lipinski definition) is 1. The van der Waals surface area contributed by atoms with Gasteiger partial charge < -0.3 is 5.11 Å². The summed E-state index contributed by atoms with van der Waals surface area (Å²) in [5.41, 5.74) is -0.373. The topological polar surface area (TPSA) is 66.7 Å². The third-order valence-corrected chi connectivity index (χ3v) is 1.03. The van der Waals surface area contributed by atoms with E-state index in [-0.39, 0.29) is 17.9 Å². The first-order chi connectivity index (χ1) is 4.63. The van der Waals surface area contributed by atoms with E-state index in [0.717, 1.165) is 0 Å². The normalized spacial score (nSPS) is 12.2. The van der Waals surface area contributed by atoms with Crippen molar-refractivity contribution in [3.05, 3.63) is 16.4 Å². The number of nitroso groups, excluding NO2 is 1. The number of hydrogen-bond acceptors (Lipinski definition) is 4. The summed E-state index contributed by atoms with van der Waals surface area (Å²) in [6, 6.07) is 0. The average molecular weight is 143 g/mol. The Labute approximate surface area is 58.5 Å². The Kier molecular flexibility index (Phi) is 3.32. The lowest BCUT2D eigenvalue weighted by molar-refractivity contribution is -0.113. The summed E-state index contributed by atoms with van der Waals surface area (Å²) in [7, 11) is 0. The molecule has 0 heterocycles. The summed E-state index contributed by atoms with van der Waals surface area (Å²) in [6.45, 7) is 2.81. The minimum Gasteiger partial charge on any atom is -0.510 e. The summed E-state index contributed by atoms with van der Waals surface area (Å²) in [5.74, 6) is -0.753. The molecule has 0 aromatic heterocycles. The van der Waals surface area contributed by atoms with Crippen LogP contribution in [0.4, 0.5) is 0 Å². The maximum absolute atomic E-state index is 10.5. The first kappa shape index (κ1) is 8.81. The number of rotatable bonds is 3. The van der Waals surface area contributed by atoms with E-state index in [9.17, 15) is 9.70 Å². The highest BCUT2D eigenvalue weighted by Gasteiger charge is 2.08. The Balaban J connectivity index is 4.62. The molecule has 0 aliphatic heterocycles. The predicted molar refractivity (Wildman–Crippen MR) is 36.4 cm³/mol. The first-order valence-corrected chi connectivity index (χ1v) is 2.89. The maximum Gasteiger partial charge on any atom is 0.187 e. The molecule has 0 aliphatic carbocycles. The van der Waals surface area contributed by atoms with Crippen LogP contribution in [0.1, 0.15) is 20.3 Å². The molecule has 56 valence electrons. The van der Waals surface area contributed by atoms with Gasteiger partial charge in [0.15, 0.2) is 11.5 Å². The Hall–Kier alpha value is -1.19. The molecule has 0 bridgehead atoms. The lowest BCUT2D eigenvalue weighted by atomic mass is 10.2. The van der Waals surface area contributed by atoms with Crippen LogP contribution in [0, 0.1) is 4.91 Å². The number of nitrogens with zero attached hydrogens (tertiary/aromatic N) is 1. The van der Waals surface area contributed by atoms with Crippen molar-refractivity contribution in [1.82, 2.24) is 0 Å². The molecule has 0 rings (SSSR count). The zero-order valence-electron chi connectivity index (χ0n) is 5.92. The van der Waals surface area contributed by atoms with Gasteiger partial charge in [-0.15, -0.1) is 4.91 Å². The molecular weight excluding hydrogens is 134 g/mol. The van der Waals surface area contributed by atoms with E-state index in [1.54, 1.807) is 6.92 Å². The van der Waals surface area contributed by atoms with E-state index in [0.29, 0.717) is 0 Å². The molecular formula is C6H9NO3. The largest absolute Gasteiger partial charge is 0.510 e. The third kappa shape index (κ3) is 1.97. The number of carbonyl (C=O) groups excluding carboxylic acids is 1. The fourth-order valence-electron chi connectivity index (χ4n) is 0.488. The van der Waals surface area contributed by atoms with Gasteiger partial charge in [0.25, 0.3) is 0 Å². The molecule has 0 saturated carbocycles. The number of aliphatic hydroxyl groups is 1. The van der Waals surface area contributed by atoms with Gasteiger partial charge >= 0.3 is 0 Å². The molecule has 0 amide bonds. The van der Waals surface area contributed by atoms with Crippen LogP contribution in [0.15, 0.2) is 16.6 Å². The smallest absolute Gasteiger partial charge is 0.187 e. The van der Waals surface area contributed by atoms with Crippen LogP contribution in [-0.4, -0.2) is 10.9 Å². The van der Waals surface area contributed by atoms with Crippen LogP contribution in [-0.2, 0) is 4.79 Å². The SMILES string of the molecule is CC/C(O)=C(\N=O)C(C)=O. The Morgan fingerprint density at radius 1 is 1.60 bits per heavy atom. The van der Waals surface area contributed by atoms with Crippen LogP contribution < -0.4 is 0 Å². The highest BCUT2D eigenvalue weighted by atomic mass is 16.3. The molecule has 0 atom stereocenters. The second-order valence-electron chi connectivity index (χ2n) is 1.80. The molecule has 4 nitrogen and oxygen atoms in total. The third-order valence-electron chi connectivity index (χ3n) is 1.03. The molecule has 4 heteroatoms. The minimum atomic E-state index is -0.505. The van der Waals surface area contributed by atoms with Crippen LogP contribution in [0.5, 0.6) is 0 Å². The molecule has 0 aromatic carbocycles. The number of Topliss-reactive ketones (excluding diaryl/α,β-unsaturated/α-hetero) is 1. The standard InChI is InChI=1S/C6H9NO3/c1-3-5(9)6(7-10)4(2)8/h9H,3H2,1-2H3/b6-5+. The van der Waals surface area contributed by atoms with Crippen molar-refractivity contribution in [3.8, 4) is 0 Å². The van der Waals surface area contributed by atoms with Gasteiger partial charge in [0.05, 0.1) is 0 Å². The van der Waals surface area contributed by atoms with Crippen molar-refractivity contribution in [2.24, 2.45) is 5.18 Å². The molecule has 0 aromatic rings. The fourth-order valence-corrected chi connectivity index (χ4v) is 0.488. The van der Waals surface area contributed by atoms with E-state index in [2.05, 4.69) is 5.18 Å². The lowest BCUT2D eigenvalue weighted by Gasteiger charge is -1.94. The van der Waals surface area contributed by atoms with Crippen molar-refractivity contribution in [2.45, 2.75) is 20.3 Å². The molecule has 0 radical (unpaired) electrons. The van der Waals surface area contributed by atoms with Crippen molar-refractivity contribution < 1.29 is 9.90 Å². The average Bonchev–Trinajstić information content (AvgIpc) is 1.88. The van der Waals surface area contributed by atoms with Crippen LogP contribution in [0.2, 0.25) is 0 Å². The van der Waals surface area contributed by atoms with Crippen molar-refractivity contribution in [2.75, 3.05) is 0 Å². The number of carbonyl (C=O) groups is 1. The summed E-state index contributed by atoms with van der Waals surface area (Å²) in [5, 5.41) is 11.2. The first-order valence-electron chi connectivity index (χ1n) is 2.89. The van der Waals surface area contributed by atoms with Gasteiger partial charge in [0, 0.05) is 13.3 Å². The van der Waals surface area contributed by atoms with E-state index in [4.69, 9.17) is 5.11 Å². The number of allylic oxidation sites excluding steroid dienone is 2. The van der Waals surface area contributed by atoms with Gasteiger partial charge in [-0.3, -0.25) is 4.79 Å². The van der Waals surface area contributed by atoms with Crippen molar-refractivity contribution in [3.63, 3.8) is 0 Å². The minimum absolute atomic E-state index is 0.248. The van der Waals surface area contributed by atoms with E-state index < -0.39 is 5.78 Å². The number of aliphatic hydroxyl groups excluding tert-OH is 1. The van der Waals surface area contributed by atoms with Crippen LogP contribution in [0.3, 0.4) is 0 Å². The number of ketones is 1. The Morgan fingerprint density at radius 2 is 2.10 bits per heavy atom. The lowest BCUT2D eigenvalue weighted by Crippen LogP contribution is -1.97. The molecule has 1 N–H and O–H groups in total. The van der Waals surface area contributed by atoms with Crippen molar-refractivity contribution in [1.29, 1.82) is 0 Å². The van der Waals surface area contributed by atoms with Crippen LogP contribution in [0.25, 0.3) is 0 Å². The van der Waals surface area contributed by atoms with Gasteiger partial charge in [-0.1, -0.05) is 6.92 Å². The molecule has 0 spiro atoms. The zero-order valence-corrected chi connectivity index (χ0v) is 5.92. The summed E-state index contributed by atoms with van der Waals surface area (Å²) >= 11 is 0. The Morgan fingerprint density at radius 3 is 2.20 bits per heavy atom. The monoisotopic (exact) mass is 143 g/mol. The highest BCUT2D eigenvalue weighted by molar-refractivity contribution is 5.93. The summed E-state index contributed by atoms with van der Waals surface area (Å²) < 4.78 is 0. The zero-order chi connectivity index (χ0) is 8.15. The van der Waals surface area contributed by atoms with Gasteiger partial charge in [0.1, 0.15) is 5.76 Å². The summed E-state index contributed by atoms with van der Waals surface area (Å²) in [4.78, 5) is 20.3. The molecule has 0 saturated heterocycles. The second-order valence-corrected chi connectivity index (χ2v) is 1.80. The van der Waals surface area contributed by atoms with Gasteiger partial charge in [0.2, 0.25) is 0 Å². The predicted octanol–water partition coefficient (Wildman–Crippen LogP) is 1.52. The fraction of sp³-hybridized carbons (Fsp3) is 0.500. The quantitative estimate of drug-likeness (QED) is 0.370.